The molecule has 0 aliphatic carbocycles. The molecular formula is C19H15F2N7O. The average molecular weight is 395 g/mol. The van der Waals surface area contributed by atoms with E-state index in [1.54, 1.807) is 46.7 Å². The highest BCUT2D eigenvalue weighted by Gasteiger charge is 2.25. The molecule has 5 rings (SSSR count). The van der Waals surface area contributed by atoms with Gasteiger partial charge in [0.15, 0.2) is 11.8 Å². The predicted molar refractivity (Wildman–Crippen MR) is 99.1 cm³/mol. The van der Waals surface area contributed by atoms with E-state index >= 15 is 0 Å². The molecule has 0 amide bonds. The summed E-state index contributed by atoms with van der Waals surface area (Å²) in [7, 11) is 0. The third-order valence-electron chi connectivity index (χ3n) is 4.84. The lowest BCUT2D eigenvalue weighted by Crippen LogP contribution is -2.17. The zero-order valence-electron chi connectivity index (χ0n) is 15.3. The Balaban J connectivity index is 1.42. The Kier molecular flexibility index (Phi) is 4.04. The number of oxime groups is 1. The summed E-state index contributed by atoms with van der Waals surface area (Å²) in [6, 6.07) is 5.79. The second kappa shape index (κ2) is 6.73. The van der Waals surface area contributed by atoms with Gasteiger partial charge in [-0.3, -0.25) is 4.40 Å². The van der Waals surface area contributed by atoms with Gasteiger partial charge in [-0.05, 0) is 36.8 Å². The Hall–Kier alpha value is -3.69. The highest BCUT2D eigenvalue weighted by Crippen LogP contribution is 2.29. The summed E-state index contributed by atoms with van der Waals surface area (Å²) in [5.74, 6) is -0.659. The van der Waals surface area contributed by atoms with Gasteiger partial charge in [0, 0.05) is 24.4 Å². The van der Waals surface area contributed by atoms with Crippen molar-refractivity contribution in [1.29, 1.82) is 0 Å². The van der Waals surface area contributed by atoms with Gasteiger partial charge in [-0.25, -0.2) is 13.5 Å². The number of rotatable bonds is 4. The fraction of sp³-hybridized carbons (Fsp3) is 0.211. The van der Waals surface area contributed by atoms with Crippen molar-refractivity contribution >= 4 is 11.4 Å². The molecule has 4 aromatic rings. The smallest absolute Gasteiger partial charge is 0.161 e. The lowest BCUT2D eigenvalue weighted by molar-refractivity contribution is 0.0693. The number of hydrogen-bond donors (Lipinski definition) is 0. The van der Waals surface area contributed by atoms with E-state index in [0.29, 0.717) is 41.3 Å². The van der Waals surface area contributed by atoms with Crippen LogP contribution in [-0.4, -0.2) is 41.4 Å². The van der Waals surface area contributed by atoms with E-state index in [9.17, 15) is 8.78 Å². The maximum absolute atomic E-state index is 14.9. The average Bonchev–Trinajstić information content (AvgIpc) is 3.44. The molecule has 1 aliphatic rings. The van der Waals surface area contributed by atoms with Crippen LogP contribution in [0.1, 0.15) is 17.8 Å². The van der Waals surface area contributed by atoms with E-state index < -0.39 is 11.6 Å². The van der Waals surface area contributed by atoms with Crippen LogP contribution in [0.15, 0.2) is 48.0 Å². The van der Waals surface area contributed by atoms with Gasteiger partial charge >= 0.3 is 0 Å². The normalized spacial score (nSPS) is 16.2. The van der Waals surface area contributed by atoms with Gasteiger partial charge < -0.3 is 4.84 Å². The van der Waals surface area contributed by atoms with Crippen molar-refractivity contribution in [2.45, 2.75) is 26.0 Å². The maximum Gasteiger partial charge on any atom is 0.161 e. The lowest BCUT2D eigenvalue weighted by Gasteiger charge is -2.09. The van der Waals surface area contributed by atoms with Gasteiger partial charge in [0.2, 0.25) is 0 Å². The third-order valence-corrected chi connectivity index (χ3v) is 4.84. The fourth-order valence-electron chi connectivity index (χ4n) is 3.42. The van der Waals surface area contributed by atoms with Crippen molar-refractivity contribution in [3.05, 3.63) is 65.9 Å². The molecule has 0 bridgehead atoms. The molecule has 0 saturated carbocycles. The molecule has 0 unspecified atom stereocenters. The second-order valence-corrected chi connectivity index (χ2v) is 6.80. The first-order chi connectivity index (χ1) is 14.1. The summed E-state index contributed by atoms with van der Waals surface area (Å²) in [5, 5.41) is 19.6. The molecule has 1 atom stereocenters. The molecule has 0 N–H and O–H groups in total. The van der Waals surface area contributed by atoms with Crippen LogP contribution in [0.4, 0.5) is 8.78 Å². The standard InChI is InChI=1S/C19H15F2N7O/c1-11-23-24-18-8-12(2-4-28(11)18)19-15(20)6-13(7-16(19)21)17-9-14(29-25-17)10-27-5-3-22-26-27/h2-8,14H,9-10H2,1H3/t14-/m1/s1. The summed E-state index contributed by atoms with van der Waals surface area (Å²) in [6.07, 6.45) is 5.12. The Bertz CT molecular complexity index is 1210. The molecule has 0 saturated heterocycles. The second-order valence-electron chi connectivity index (χ2n) is 6.80. The highest BCUT2D eigenvalue weighted by atomic mass is 19.1. The number of pyridine rings is 1. The summed E-state index contributed by atoms with van der Waals surface area (Å²) in [5.41, 5.74) is 1.63. The molecule has 1 aromatic carbocycles. The minimum absolute atomic E-state index is 0.115. The van der Waals surface area contributed by atoms with E-state index in [1.165, 1.54) is 12.1 Å². The summed E-state index contributed by atoms with van der Waals surface area (Å²) >= 11 is 0. The molecule has 4 heterocycles. The molecule has 0 fully saturated rings. The zero-order valence-corrected chi connectivity index (χ0v) is 15.3. The lowest BCUT2D eigenvalue weighted by atomic mass is 9.99. The van der Waals surface area contributed by atoms with Crippen molar-refractivity contribution in [3.8, 4) is 11.1 Å². The van der Waals surface area contributed by atoms with Crippen molar-refractivity contribution in [1.82, 2.24) is 29.6 Å². The molecule has 3 aromatic heterocycles. The van der Waals surface area contributed by atoms with Gasteiger partial charge in [0.25, 0.3) is 0 Å². The topological polar surface area (TPSA) is 82.5 Å². The van der Waals surface area contributed by atoms with Crippen molar-refractivity contribution < 1.29 is 13.6 Å². The van der Waals surface area contributed by atoms with Gasteiger partial charge in [-0.2, -0.15) is 0 Å². The van der Waals surface area contributed by atoms with Crippen LogP contribution in [0.5, 0.6) is 0 Å². The summed E-state index contributed by atoms with van der Waals surface area (Å²) < 4.78 is 33.1. The number of aromatic nitrogens is 6. The first-order valence-corrected chi connectivity index (χ1v) is 8.96. The van der Waals surface area contributed by atoms with Crippen LogP contribution < -0.4 is 0 Å². The van der Waals surface area contributed by atoms with Crippen LogP contribution in [0.2, 0.25) is 0 Å². The molecule has 146 valence electrons. The van der Waals surface area contributed by atoms with E-state index in [1.807, 2.05) is 0 Å². The number of fused-ring (bicyclic) bond motifs is 1. The Labute approximate surface area is 163 Å². The van der Waals surface area contributed by atoms with Gasteiger partial charge in [-0.1, -0.05) is 10.4 Å². The Morgan fingerprint density at radius 3 is 2.69 bits per heavy atom. The fourth-order valence-corrected chi connectivity index (χ4v) is 3.42. The summed E-state index contributed by atoms with van der Waals surface area (Å²) in [6.45, 7) is 2.25. The van der Waals surface area contributed by atoms with E-state index in [4.69, 9.17) is 4.84 Å². The summed E-state index contributed by atoms with van der Waals surface area (Å²) in [4.78, 5) is 5.37. The predicted octanol–water partition coefficient (Wildman–Crippen LogP) is 2.77. The molecule has 0 spiro atoms. The number of aryl methyl sites for hydroxylation is 1. The Morgan fingerprint density at radius 1 is 1.10 bits per heavy atom. The molecular weight excluding hydrogens is 380 g/mol. The minimum atomic E-state index is -0.678. The number of nitrogens with zero attached hydrogens (tertiary/aromatic N) is 7. The first kappa shape index (κ1) is 17.4. The molecule has 1 aliphatic heterocycles. The van der Waals surface area contributed by atoms with Gasteiger partial charge in [-0.15, -0.1) is 15.3 Å². The Morgan fingerprint density at radius 2 is 1.93 bits per heavy atom. The van der Waals surface area contributed by atoms with Crippen molar-refractivity contribution in [2.75, 3.05) is 0 Å². The van der Waals surface area contributed by atoms with E-state index in [-0.39, 0.29) is 11.7 Å². The molecule has 0 radical (unpaired) electrons. The maximum atomic E-state index is 14.9. The number of halogens is 2. The molecule has 8 nitrogen and oxygen atoms in total. The molecule has 29 heavy (non-hydrogen) atoms. The minimum Gasteiger partial charge on any atom is -0.390 e. The quantitative estimate of drug-likeness (QED) is 0.531. The van der Waals surface area contributed by atoms with Crippen molar-refractivity contribution in [2.24, 2.45) is 5.16 Å². The van der Waals surface area contributed by atoms with Gasteiger partial charge in [0.05, 0.1) is 24.0 Å². The van der Waals surface area contributed by atoms with Crippen LogP contribution >= 0.6 is 0 Å². The van der Waals surface area contributed by atoms with E-state index in [2.05, 4.69) is 25.7 Å². The zero-order chi connectivity index (χ0) is 20.0. The highest BCUT2D eigenvalue weighted by molar-refractivity contribution is 6.01. The largest absolute Gasteiger partial charge is 0.390 e. The first-order valence-electron chi connectivity index (χ1n) is 8.96. The number of hydrogen-bond acceptors (Lipinski definition) is 6. The molecule has 10 heteroatoms. The monoisotopic (exact) mass is 395 g/mol. The van der Waals surface area contributed by atoms with Crippen molar-refractivity contribution in [3.63, 3.8) is 0 Å². The SMILES string of the molecule is Cc1nnc2cc(-c3c(F)cc(C4=NO[C@@H](Cn5ccnn5)C4)cc3F)ccn12. The van der Waals surface area contributed by atoms with Crippen LogP contribution in [0.3, 0.4) is 0 Å². The van der Waals surface area contributed by atoms with Crippen LogP contribution in [-0.2, 0) is 11.4 Å². The van der Waals surface area contributed by atoms with Gasteiger partial charge in [0.1, 0.15) is 17.5 Å². The van der Waals surface area contributed by atoms with Crippen LogP contribution in [0, 0.1) is 18.6 Å². The van der Waals surface area contributed by atoms with Crippen LogP contribution in [0.25, 0.3) is 16.8 Å². The van der Waals surface area contributed by atoms with E-state index in [0.717, 1.165) is 0 Å². The number of benzene rings is 1. The third kappa shape index (κ3) is 3.12.